The Bertz CT molecular complexity index is 269. The van der Waals surface area contributed by atoms with Crippen LogP contribution in [0, 0.1) is 29.6 Å². The zero-order chi connectivity index (χ0) is 13.1. The first kappa shape index (κ1) is 14.6. The summed E-state index contributed by atoms with van der Waals surface area (Å²) in [6, 6.07) is 0. The summed E-state index contributed by atoms with van der Waals surface area (Å²) in [6.07, 6.45) is 11.0. The normalized spacial score (nSPS) is 26.6. The summed E-state index contributed by atoms with van der Waals surface area (Å²) in [5.41, 5.74) is 0.331. The van der Waals surface area contributed by atoms with Gasteiger partial charge in [-0.3, -0.25) is 0 Å². The van der Waals surface area contributed by atoms with Crippen molar-refractivity contribution in [1.29, 1.82) is 0 Å². The lowest BCUT2D eigenvalue weighted by Crippen LogP contribution is -2.41. The summed E-state index contributed by atoms with van der Waals surface area (Å²) < 4.78 is 0. The molecule has 17 heavy (non-hydrogen) atoms. The van der Waals surface area contributed by atoms with Crippen LogP contribution >= 0.6 is 0 Å². The molecular weight excluding hydrogens is 206 g/mol. The number of hydrogen-bond acceptors (Lipinski definition) is 1. The molecule has 0 amide bonds. The maximum absolute atomic E-state index is 5.49. The van der Waals surface area contributed by atoms with Gasteiger partial charge in [0.2, 0.25) is 0 Å². The molecule has 1 aliphatic rings. The Balaban J connectivity index is 2.32. The van der Waals surface area contributed by atoms with E-state index < -0.39 is 0 Å². The molecule has 0 aromatic carbocycles. The van der Waals surface area contributed by atoms with Crippen molar-refractivity contribution in [1.82, 2.24) is 5.32 Å². The molecule has 1 N–H and O–H groups in total. The van der Waals surface area contributed by atoms with E-state index in [-0.39, 0.29) is 5.54 Å². The SMILES string of the molecule is C#CC(C)(C)NCC1CCC(C(C)(C)C)CC1. The topological polar surface area (TPSA) is 12.0 Å². The highest BCUT2D eigenvalue weighted by Gasteiger charge is 2.30. The zero-order valence-corrected chi connectivity index (χ0v) is 12.3. The molecule has 0 heterocycles. The number of nitrogens with one attached hydrogen (secondary N) is 1. The summed E-state index contributed by atoms with van der Waals surface area (Å²) in [6.45, 7) is 12.3. The van der Waals surface area contributed by atoms with E-state index in [2.05, 4.69) is 45.9 Å². The third-order valence-corrected chi connectivity index (χ3v) is 4.27. The van der Waals surface area contributed by atoms with E-state index in [0.717, 1.165) is 18.4 Å². The van der Waals surface area contributed by atoms with Gasteiger partial charge < -0.3 is 5.32 Å². The van der Waals surface area contributed by atoms with Gasteiger partial charge in [0.15, 0.2) is 0 Å². The van der Waals surface area contributed by atoms with Gasteiger partial charge in [-0.25, -0.2) is 0 Å². The van der Waals surface area contributed by atoms with Gasteiger partial charge in [0.05, 0.1) is 5.54 Å². The lowest BCUT2D eigenvalue weighted by atomic mass is 9.70. The van der Waals surface area contributed by atoms with E-state index in [1.807, 2.05) is 0 Å². The summed E-state index contributed by atoms with van der Waals surface area (Å²) in [7, 11) is 0. The molecule has 0 aromatic rings. The van der Waals surface area contributed by atoms with Gasteiger partial charge in [-0.15, -0.1) is 6.42 Å². The van der Waals surface area contributed by atoms with Crippen LogP contribution < -0.4 is 5.32 Å². The summed E-state index contributed by atoms with van der Waals surface area (Å²) >= 11 is 0. The summed E-state index contributed by atoms with van der Waals surface area (Å²) in [5, 5.41) is 3.50. The van der Waals surface area contributed by atoms with Crippen molar-refractivity contribution < 1.29 is 0 Å². The van der Waals surface area contributed by atoms with Crippen LogP contribution in [0.4, 0.5) is 0 Å². The van der Waals surface area contributed by atoms with E-state index in [4.69, 9.17) is 6.42 Å². The van der Waals surface area contributed by atoms with Crippen LogP contribution in [0.5, 0.6) is 0 Å². The third kappa shape index (κ3) is 4.72. The molecule has 1 heteroatoms. The smallest absolute Gasteiger partial charge is 0.0741 e. The Morgan fingerprint density at radius 3 is 2.00 bits per heavy atom. The predicted molar refractivity (Wildman–Crippen MR) is 75.8 cm³/mol. The molecule has 0 aromatic heterocycles. The van der Waals surface area contributed by atoms with Crippen molar-refractivity contribution in [3.63, 3.8) is 0 Å². The average Bonchev–Trinajstić information content (AvgIpc) is 2.26. The van der Waals surface area contributed by atoms with Crippen molar-refractivity contribution in [3.05, 3.63) is 0 Å². The molecule has 1 rings (SSSR count). The molecule has 0 saturated heterocycles. The quantitative estimate of drug-likeness (QED) is 0.733. The van der Waals surface area contributed by atoms with Crippen LogP contribution in [0.2, 0.25) is 0 Å². The Hall–Kier alpha value is -0.480. The van der Waals surface area contributed by atoms with Gasteiger partial charge in [-0.1, -0.05) is 26.7 Å². The molecule has 0 unspecified atom stereocenters. The van der Waals surface area contributed by atoms with Crippen molar-refractivity contribution in [3.8, 4) is 12.3 Å². The fraction of sp³-hybridized carbons (Fsp3) is 0.875. The molecule has 98 valence electrons. The summed E-state index contributed by atoms with van der Waals surface area (Å²) in [5.74, 6) is 4.53. The molecule has 0 bridgehead atoms. The van der Waals surface area contributed by atoms with Crippen LogP contribution in [0.15, 0.2) is 0 Å². The Morgan fingerprint density at radius 2 is 1.59 bits per heavy atom. The molecule has 0 aliphatic heterocycles. The van der Waals surface area contributed by atoms with Gasteiger partial charge in [0.25, 0.3) is 0 Å². The maximum atomic E-state index is 5.49. The monoisotopic (exact) mass is 235 g/mol. The first-order valence-electron chi connectivity index (χ1n) is 6.97. The number of rotatable bonds is 3. The number of terminal acetylenes is 1. The molecule has 0 radical (unpaired) electrons. The highest BCUT2D eigenvalue weighted by atomic mass is 14.9. The van der Waals surface area contributed by atoms with Gasteiger partial charge in [0.1, 0.15) is 0 Å². The standard InChI is InChI=1S/C16H29N/c1-7-16(5,6)17-12-13-8-10-14(11-9-13)15(2,3)4/h1,13-14,17H,8-12H2,2-6H3. The van der Waals surface area contributed by atoms with Gasteiger partial charge in [-0.2, -0.15) is 0 Å². The molecule has 1 fully saturated rings. The maximum Gasteiger partial charge on any atom is 0.0741 e. The van der Waals surface area contributed by atoms with Crippen molar-refractivity contribution in [2.24, 2.45) is 17.3 Å². The second kappa shape index (κ2) is 5.44. The van der Waals surface area contributed by atoms with Gasteiger partial charge in [-0.05, 0) is 63.3 Å². The molecule has 0 spiro atoms. The Morgan fingerprint density at radius 1 is 1.06 bits per heavy atom. The third-order valence-electron chi connectivity index (χ3n) is 4.27. The first-order chi connectivity index (χ1) is 7.74. The van der Waals surface area contributed by atoms with Crippen molar-refractivity contribution >= 4 is 0 Å². The van der Waals surface area contributed by atoms with Crippen molar-refractivity contribution in [2.75, 3.05) is 6.54 Å². The Kier molecular flexibility index (Phi) is 4.67. The van der Waals surface area contributed by atoms with Crippen LogP contribution in [0.3, 0.4) is 0 Å². The molecular formula is C16H29N. The van der Waals surface area contributed by atoms with Gasteiger partial charge >= 0.3 is 0 Å². The summed E-state index contributed by atoms with van der Waals surface area (Å²) in [4.78, 5) is 0. The van der Waals surface area contributed by atoms with Crippen molar-refractivity contribution in [2.45, 2.75) is 65.8 Å². The minimum atomic E-state index is -0.152. The highest BCUT2D eigenvalue weighted by molar-refractivity contribution is 5.07. The predicted octanol–water partition coefficient (Wildman–Crippen LogP) is 3.84. The Labute approximate surface area is 108 Å². The second-order valence-corrected chi connectivity index (χ2v) is 7.23. The fourth-order valence-corrected chi connectivity index (χ4v) is 2.68. The molecule has 1 nitrogen and oxygen atoms in total. The molecule has 1 saturated carbocycles. The molecule has 0 atom stereocenters. The number of hydrogen-bond donors (Lipinski definition) is 1. The second-order valence-electron chi connectivity index (χ2n) is 7.23. The lowest BCUT2D eigenvalue weighted by Gasteiger charge is -2.37. The van der Waals surface area contributed by atoms with E-state index in [1.54, 1.807) is 0 Å². The average molecular weight is 235 g/mol. The highest BCUT2D eigenvalue weighted by Crippen LogP contribution is 2.39. The van der Waals surface area contributed by atoms with Crippen LogP contribution in [-0.2, 0) is 0 Å². The zero-order valence-electron chi connectivity index (χ0n) is 12.3. The minimum absolute atomic E-state index is 0.152. The minimum Gasteiger partial charge on any atom is -0.301 e. The van der Waals surface area contributed by atoms with E-state index >= 15 is 0 Å². The molecule has 1 aliphatic carbocycles. The van der Waals surface area contributed by atoms with Crippen LogP contribution in [0.25, 0.3) is 0 Å². The van der Waals surface area contributed by atoms with Crippen LogP contribution in [-0.4, -0.2) is 12.1 Å². The van der Waals surface area contributed by atoms with E-state index in [0.29, 0.717) is 5.41 Å². The van der Waals surface area contributed by atoms with Gasteiger partial charge in [0, 0.05) is 0 Å². The lowest BCUT2D eigenvalue weighted by molar-refractivity contribution is 0.147. The first-order valence-corrected chi connectivity index (χ1v) is 6.97. The van der Waals surface area contributed by atoms with Crippen LogP contribution in [0.1, 0.15) is 60.3 Å². The fourth-order valence-electron chi connectivity index (χ4n) is 2.68. The van der Waals surface area contributed by atoms with E-state index in [9.17, 15) is 0 Å². The largest absolute Gasteiger partial charge is 0.301 e. The van der Waals surface area contributed by atoms with E-state index in [1.165, 1.54) is 25.7 Å².